The lowest BCUT2D eigenvalue weighted by Gasteiger charge is -2.48. The van der Waals surface area contributed by atoms with Crippen LogP contribution in [0.5, 0.6) is 5.75 Å². The largest absolute Gasteiger partial charge is 0.480 e. The van der Waals surface area contributed by atoms with Crippen molar-refractivity contribution in [2.45, 2.75) is 64.2 Å². The maximum absolute atomic E-state index is 13.8. The van der Waals surface area contributed by atoms with E-state index < -0.39 is 32.8 Å². The highest BCUT2D eigenvalue weighted by Crippen LogP contribution is 2.54. The molecule has 8 nitrogen and oxygen atoms in total. The Kier molecular flexibility index (Phi) is 7.19. The van der Waals surface area contributed by atoms with Gasteiger partial charge in [0.1, 0.15) is 11.4 Å². The van der Waals surface area contributed by atoms with Crippen LogP contribution in [0.15, 0.2) is 76.0 Å². The first kappa shape index (κ1) is 29.1. The van der Waals surface area contributed by atoms with Gasteiger partial charge in [0, 0.05) is 41.3 Å². The van der Waals surface area contributed by atoms with Crippen molar-refractivity contribution in [2.24, 2.45) is 10.8 Å². The SMILES string of the molecule is CC1(C)CC(=O)C2=C(C1)N(CC(=O)O)C1=C(C(=O)CC(C)(C)C1)C2c1ccc(OS(=O)(=O)c2ccccc2)c(Cl)c1. The Morgan fingerprint density at radius 2 is 1.46 bits per heavy atom. The molecular weight excluding hydrogens is 566 g/mol. The highest BCUT2D eigenvalue weighted by Gasteiger charge is 2.49. The molecule has 0 spiro atoms. The quantitative estimate of drug-likeness (QED) is 0.410. The normalized spacial score (nSPS) is 20.6. The second-order valence-electron chi connectivity index (χ2n) is 12.6. The van der Waals surface area contributed by atoms with Crippen molar-refractivity contribution >= 4 is 39.3 Å². The van der Waals surface area contributed by atoms with Crippen molar-refractivity contribution in [1.82, 2.24) is 4.90 Å². The van der Waals surface area contributed by atoms with E-state index in [1.54, 1.807) is 29.2 Å². The lowest BCUT2D eigenvalue weighted by Crippen LogP contribution is -2.45. The summed E-state index contributed by atoms with van der Waals surface area (Å²) in [6.45, 7) is 7.52. The third-order valence-electron chi connectivity index (χ3n) is 7.84. The molecule has 10 heteroatoms. The highest BCUT2D eigenvalue weighted by molar-refractivity contribution is 7.87. The molecule has 2 aromatic rings. The molecule has 3 aliphatic rings. The molecule has 216 valence electrons. The van der Waals surface area contributed by atoms with E-state index in [2.05, 4.69) is 0 Å². The molecule has 41 heavy (non-hydrogen) atoms. The third kappa shape index (κ3) is 5.57. The van der Waals surface area contributed by atoms with Crippen molar-refractivity contribution in [3.8, 4) is 5.75 Å². The van der Waals surface area contributed by atoms with Gasteiger partial charge in [-0.3, -0.25) is 14.4 Å². The summed E-state index contributed by atoms with van der Waals surface area (Å²) >= 11 is 6.57. The van der Waals surface area contributed by atoms with Gasteiger partial charge in [0.2, 0.25) is 0 Å². The van der Waals surface area contributed by atoms with Gasteiger partial charge >= 0.3 is 16.1 Å². The second-order valence-corrected chi connectivity index (χ2v) is 14.5. The van der Waals surface area contributed by atoms with Crippen molar-refractivity contribution < 1.29 is 32.1 Å². The Bertz CT molecular complexity index is 1580. The fourth-order valence-corrected chi connectivity index (χ4v) is 7.47. The van der Waals surface area contributed by atoms with E-state index in [1.807, 2.05) is 27.7 Å². The summed E-state index contributed by atoms with van der Waals surface area (Å²) in [6, 6.07) is 12.3. The summed E-state index contributed by atoms with van der Waals surface area (Å²) in [4.78, 5) is 41.2. The van der Waals surface area contributed by atoms with Gasteiger partial charge in [-0.1, -0.05) is 63.6 Å². The van der Waals surface area contributed by atoms with Gasteiger partial charge in [0.15, 0.2) is 17.3 Å². The number of rotatable bonds is 6. The number of ketones is 2. The van der Waals surface area contributed by atoms with E-state index in [-0.39, 0.29) is 46.6 Å². The van der Waals surface area contributed by atoms with Crippen molar-refractivity contribution in [3.05, 3.63) is 81.7 Å². The van der Waals surface area contributed by atoms with Gasteiger partial charge in [-0.15, -0.1) is 0 Å². The standard InChI is InChI=1S/C31H32ClNO7S/c1-30(2)13-21-28(23(34)15-30)27(29-22(33(21)17-26(36)37)14-31(3,4)16-24(29)35)18-10-11-25(20(32)12-18)40-41(38,39)19-8-6-5-7-9-19/h5-12,27H,13-17H2,1-4H3,(H,36,37). The number of carboxylic acids is 1. The third-order valence-corrected chi connectivity index (χ3v) is 9.38. The minimum absolute atomic E-state index is 0.00597. The van der Waals surface area contributed by atoms with Crippen LogP contribution >= 0.6 is 11.6 Å². The summed E-state index contributed by atoms with van der Waals surface area (Å²) in [6.07, 6.45) is 1.42. The monoisotopic (exact) mass is 597 g/mol. The van der Waals surface area contributed by atoms with E-state index in [9.17, 15) is 27.9 Å². The molecular formula is C31H32ClNO7S. The topological polar surface area (TPSA) is 118 Å². The number of carbonyl (C=O) groups excluding carboxylic acids is 2. The van der Waals surface area contributed by atoms with Gasteiger partial charge in [-0.25, -0.2) is 0 Å². The van der Waals surface area contributed by atoms with Crippen LogP contribution in [0.1, 0.15) is 64.9 Å². The molecule has 5 rings (SSSR count). The number of Topliss-reactive ketones (excluding diaryl/α,β-unsaturated/α-hetero) is 2. The van der Waals surface area contributed by atoms with Gasteiger partial charge in [-0.05, 0) is 53.5 Å². The minimum atomic E-state index is -4.15. The average molecular weight is 598 g/mol. The zero-order valence-corrected chi connectivity index (χ0v) is 24.9. The van der Waals surface area contributed by atoms with Crippen LogP contribution < -0.4 is 4.18 Å². The first-order valence-corrected chi connectivity index (χ1v) is 15.2. The molecule has 0 aromatic heterocycles. The summed E-state index contributed by atoms with van der Waals surface area (Å²) in [5, 5.41) is 9.83. The zero-order chi connectivity index (χ0) is 29.9. The lowest BCUT2D eigenvalue weighted by atomic mass is 9.63. The molecule has 0 amide bonds. The molecule has 0 saturated carbocycles. The minimum Gasteiger partial charge on any atom is -0.480 e. The number of carboxylic acid groups (broad SMARTS) is 1. The Labute approximate surface area is 244 Å². The Morgan fingerprint density at radius 1 is 0.927 bits per heavy atom. The molecule has 0 unspecified atom stereocenters. The van der Waals surface area contributed by atoms with Gasteiger partial charge < -0.3 is 14.2 Å². The predicted octanol–water partition coefficient (Wildman–Crippen LogP) is 5.88. The Balaban J connectivity index is 1.66. The Hall–Kier alpha value is -3.43. The molecule has 2 aliphatic carbocycles. The number of hydrogen-bond donors (Lipinski definition) is 1. The summed E-state index contributed by atoms with van der Waals surface area (Å²) in [5.74, 6) is -2.20. The molecule has 0 bridgehead atoms. The number of halogens is 1. The average Bonchev–Trinajstić information content (AvgIpc) is 2.85. The molecule has 0 saturated heterocycles. The maximum atomic E-state index is 13.8. The molecule has 1 N–H and O–H groups in total. The van der Waals surface area contributed by atoms with Crippen LogP contribution in [0.3, 0.4) is 0 Å². The highest BCUT2D eigenvalue weighted by atomic mass is 35.5. The van der Waals surface area contributed by atoms with E-state index in [0.29, 0.717) is 40.9 Å². The first-order valence-electron chi connectivity index (χ1n) is 13.4. The number of hydrogen-bond acceptors (Lipinski definition) is 7. The molecule has 2 aromatic carbocycles. The van der Waals surface area contributed by atoms with Crippen LogP contribution in [0.2, 0.25) is 5.02 Å². The van der Waals surface area contributed by atoms with Crippen molar-refractivity contribution in [3.63, 3.8) is 0 Å². The molecule has 0 radical (unpaired) electrons. The smallest absolute Gasteiger partial charge is 0.339 e. The van der Waals surface area contributed by atoms with Crippen molar-refractivity contribution in [1.29, 1.82) is 0 Å². The number of carbonyl (C=O) groups is 3. The number of nitrogens with zero attached hydrogens (tertiary/aromatic N) is 1. The van der Waals surface area contributed by atoms with E-state index >= 15 is 0 Å². The molecule has 1 heterocycles. The van der Waals surface area contributed by atoms with Crippen LogP contribution in [-0.2, 0) is 24.5 Å². The van der Waals surface area contributed by atoms with Crippen LogP contribution in [0.25, 0.3) is 0 Å². The van der Waals surface area contributed by atoms with Crippen LogP contribution in [0, 0.1) is 10.8 Å². The number of allylic oxidation sites excluding steroid dienone is 4. The maximum Gasteiger partial charge on any atom is 0.339 e. The summed E-state index contributed by atoms with van der Waals surface area (Å²) < 4.78 is 31.0. The second kappa shape index (κ2) is 10.1. The number of aliphatic carboxylic acids is 1. The van der Waals surface area contributed by atoms with Crippen molar-refractivity contribution in [2.75, 3.05) is 6.54 Å². The zero-order valence-electron chi connectivity index (χ0n) is 23.4. The molecule has 0 fully saturated rings. The van der Waals surface area contributed by atoms with Gasteiger partial charge in [-0.2, -0.15) is 8.42 Å². The van der Waals surface area contributed by atoms with E-state index in [0.717, 1.165) is 0 Å². The molecule has 0 atom stereocenters. The van der Waals surface area contributed by atoms with Crippen LogP contribution in [0.4, 0.5) is 0 Å². The van der Waals surface area contributed by atoms with Gasteiger partial charge in [0.05, 0.1) is 5.02 Å². The van der Waals surface area contributed by atoms with E-state index in [4.69, 9.17) is 15.8 Å². The lowest BCUT2D eigenvalue weighted by molar-refractivity contribution is -0.138. The Morgan fingerprint density at radius 3 is 1.95 bits per heavy atom. The fourth-order valence-electron chi connectivity index (χ4n) is 6.22. The van der Waals surface area contributed by atoms with Crippen LogP contribution in [-0.4, -0.2) is 42.5 Å². The summed E-state index contributed by atoms with van der Waals surface area (Å²) in [7, 11) is -4.15. The first-order chi connectivity index (χ1) is 19.1. The molecule has 1 aliphatic heterocycles. The number of benzene rings is 2. The van der Waals surface area contributed by atoms with E-state index in [1.165, 1.54) is 24.3 Å². The predicted molar refractivity (Wildman–Crippen MR) is 153 cm³/mol. The van der Waals surface area contributed by atoms with Gasteiger partial charge in [0.25, 0.3) is 0 Å². The summed E-state index contributed by atoms with van der Waals surface area (Å²) in [5.41, 5.74) is 1.78. The fraction of sp³-hybridized carbons (Fsp3) is 0.387.